The van der Waals surface area contributed by atoms with Crippen LogP contribution in [0.1, 0.15) is 25.8 Å². The van der Waals surface area contributed by atoms with Crippen LogP contribution < -0.4 is 4.90 Å². The number of aliphatic carboxylic acids is 1. The minimum atomic E-state index is -1.09. The van der Waals surface area contributed by atoms with E-state index in [4.69, 9.17) is 5.11 Å². The van der Waals surface area contributed by atoms with Gasteiger partial charge in [0.2, 0.25) is 0 Å². The van der Waals surface area contributed by atoms with E-state index in [1.807, 2.05) is 11.9 Å². The van der Waals surface area contributed by atoms with Crippen LogP contribution in [0.2, 0.25) is 0 Å². The van der Waals surface area contributed by atoms with Gasteiger partial charge in [0.25, 0.3) is 5.69 Å². The third-order valence-electron chi connectivity index (χ3n) is 3.07. The highest BCUT2D eigenvalue weighted by Gasteiger charge is 2.17. The molecule has 114 valence electrons. The smallest absolute Gasteiger partial charge is 0.328 e. The van der Waals surface area contributed by atoms with Crippen molar-refractivity contribution in [1.29, 1.82) is 0 Å². The molecule has 0 unspecified atom stereocenters. The molecular formula is C15H20N2O4. The van der Waals surface area contributed by atoms with E-state index in [-0.39, 0.29) is 5.69 Å². The molecule has 0 aromatic heterocycles. The Morgan fingerprint density at radius 1 is 1.48 bits per heavy atom. The molecule has 1 aromatic carbocycles. The van der Waals surface area contributed by atoms with Crippen molar-refractivity contribution in [2.24, 2.45) is 5.92 Å². The van der Waals surface area contributed by atoms with Gasteiger partial charge in [0.1, 0.15) is 5.69 Å². The molecule has 0 bridgehead atoms. The van der Waals surface area contributed by atoms with Gasteiger partial charge in [-0.15, -0.1) is 0 Å². The van der Waals surface area contributed by atoms with Crippen LogP contribution in [0.4, 0.5) is 11.4 Å². The van der Waals surface area contributed by atoms with Crippen molar-refractivity contribution in [1.82, 2.24) is 0 Å². The molecule has 1 rings (SSSR count). The molecule has 21 heavy (non-hydrogen) atoms. The fraction of sp³-hybridized carbons (Fsp3) is 0.400. The number of carboxylic acid groups (broad SMARTS) is 1. The van der Waals surface area contributed by atoms with Crippen LogP contribution in [0.3, 0.4) is 0 Å². The van der Waals surface area contributed by atoms with E-state index >= 15 is 0 Å². The lowest BCUT2D eigenvalue weighted by Gasteiger charge is -2.20. The highest BCUT2D eigenvalue weighted by atomic mass is 16.6. The fourth-order valence-electron chi connectivity index (χ4n) is 1.85. The summed E-state index contributed by atoms with van der Waals surface area (Å²) < 4.78 is 0. The van der Waals surface area contributed by atoms with Crippen molar-refractivity contribution in [3.63, 3.8) is 0 Å². The van der Waals surface area contributed by atoms with Crippen molar-refractivity contribution in [3.05, 3.63) is 40.0 Å². The Hall–Kier alpha value is -2.37. The first-order valence-corrected chi connectivity index (χ1v) is 6.72. The molecule has 6 nitrogen and oxygen atoms in total. The zero-order valence-corrected chi connectivity index (χ0v) is 12.4. The molecular weight excluding hydrogens is 272 g/mol. The molecule has 0 aliphatic rings. The number of hydrogen-bond acceptors (Lipinski definition) is 4. The van der Waals surface area contributed by atoms with Gasteiger partial charge in [0.05, 0.1) is 4.92 Å². The summed E-state index contributed by atoms with van der Waals surface area (Å²) in [6.45, 7) is 4.92. The number of anilines is 1. The van der Waals surface area contributed by atoms with Crippen molar-refractivity contribution >= 4 is 23.4 Å². The van der Waals surface area contributed by atoms with Crippen molar-refractivity contribution in [3.8, 4) is 0 Å². The number of nitrogens with zero attached hydrogens (tertiary/aromatic N) is 2. The predicted octanol–water partition coefficient (Wildman–Crippen LogP) is 3.17. The first-order chi connectivity index (χ1) is 9.81. The van der Waals surface area contributed by atoms with Gasteiger partial charge in [0, 0.05) is 25.7 Å². The van der Waals surface area contributed by atoms with E-state index in [0.717, 1.165) is 19.0 Å². The van der Waals surface area contributed by atoms with Gasteiger partial charge in [0.15, 0.2) is 0 Å². The second-order valence-corrected chi connectivity index (χ2v) is 5.28. The zero-order valence-electron chi connectivity index (χ0n) is 12.4. The minimum Gasteiger partial charge on any atom is -0.478 e. The van der Waals surface area contributed by atoms with Gasteiger partial charge < -0.3 is 10.0 Å². The molecule has 0 aliphatic heterocycles. The van der Waals surface area contributed by atoms with Gasteiger partial charge in [-0.05, 0) is 30.0 Å². The average molecular weight is 292 g/mol. The summed E-state index contributed by atoms with van der Waals surface area (Å²) in [5.74, 6) is -0.569. The number of carbonyl (C=O) groups is 1. The highest BCUT2D eigenvalue weighted by Crippen LogP contribution is 2.29. The Kier molecular flexibility index (Phi) is 5.90. The Balaban J connectivity index is 3.04. The summed E-state index contributed by atoms with van der Waals surface area (Å²) in [7, 11) is 1.82. The van der Waals surface area contributed by atoms with Crippen LogP contribution in [0.15, 0.2) is 24.3 Å². The van der Waals surface area contributed by atoms with Crippen LogP contribution in [-0.2, 0) is 4.79 Å². The Bertz CT molecular complexity index is 553. The molecule has 1 N–H and O–H groups in total. The Morgan fingerprint density at radius 3 is 2.67 bits per heavy atom. The Morgan fingerprint density at radius 2 is 2.14 bits per heavy atom. The first kappa shape index (κ1) is 16.7. The van der Waals surface area contributed by atoms with E-state index in [1.54, 1.807) is 12.1 Å². The fourth-order valence-corrected chi connectivity index (χ4v) is 1.85. The van der Waals surface area contributed by atoms with Crippen molar-refractivity contribution in [2.75, 3.05) is 18.5 Å². The zero-order chi connectivity index (χ0) is 16.0. The summed E-state index contributed by atoms with van der Waals surface area (Å²) >= 11 is 0. The van der Waals surface area contributed by atoms with Crippen LogP contribution in [0, 0.1) is 16.0 Å². The number of nitro benzene ring substituents is 1. The lowest BCUT2D eigenvalue weighted by molar-refractivity contribution is -0.384. The highest BCUT2D eigenvalue weighted by molar-refractivity contribution is 5.85. The topological polar surface area (TPSA) is 83.7 Å². The predicted molar refractivity (Wildman–Crippen MR) is 82.5 cm³/mol. The van der Waals surface area contributed by atoms with E-state index < -0.39 is 10.9 Å². The normalized spacial score (nSPS) is 11.0. The SMILES string of the molecule is CC(C)CCN(C)c1ccc(C=CC(=O)O)cc1[N+](=O)[O-]. The van der Waals surface area contributed by atoms with E-state index in [9.17, 15) is 14.9 Å². The van der Waals surface area contributed by atoms with Gasteiger partial charge >= 0.3 is 5.97 Å². The summed E-state index contributed by atoms with van der Waals surface area (Å²) in [6.07, 6.45) is 3.24. The van der Waals surface area contributed by atoms with Crippen molar-refractivity contribution in [2.45, 2.75) is 20.3 Å². The van der Waals surface area contributed by atoms with Crippen LogP contribution in [-0.4, -0.2) is 29.6 Å². The van der Waals surface area contributed by atoms with Crippen LogP contribution in [0.5, 0.6) is 0 Å². The molecule has 0 atom stereocenters. The molecule has 0 spiro atoms. The maximum atomic E-state index is 11.2. The van der Waals surface area contributed by atoms with Gasteiger partial charge in [-0.25, -0.2) is 4.79 Å². The molecule has 0 radical (unpaired) electrons. The lowest BCUT2D eigenvalue weighted by atomic mass is 10.1. The van der Waals surface area contributed by atoms with Gasteiger partial charge in [-0.2, -0.15) is 0 Å². The summed E-state index contributed by atoms with van der Waals surface area (Å²) in [6, 6.07) is 4.72. The molecule has 1 aromatic rings. The maximum Gasteiger partial charge on any atom is 0.328 e. The number of carboxylic acids is 1. The molecule has 0 heterocycles. The van der Waals surface area contributed by atoms with E-state index in [0.29, 0.717) is 17.2 Å². The molecule has 6 heteroatoms. The number of nitro groups is 1. The monoisotopic (exact) mass is 292 g/mol. The van der Waals surface area contributed by atoms with Crippen LogP contribution in [0.25, 0.3) is 6.08 Å². The minimum absolute atomic E-state index is 0.0196. The van der Waals surface area contributed by atoms with E-state index in [2.05, 4.69) is 13.8 Å². The molecule has 0 amide bonds. The van der Waals surface area contributed by atoms with Gasteiger partial charge in [-0.3, -0.25) is 10.1 Å². The number of rotatable bonds is 7. The third kappa shape index (κ3) is 5.25. The van der Waals surface area contributed by atoms with Crippen molar-refractivity contribution < 1.29 is 14.8 Å². The molecule has 0 fully saturated rings. The average Bonchev–Trinajstić information content (AvgIpc) is 2.42. The van der Waals surface area contributed by atoms with Gasteiger partial charge in [-0.1, -0.05) is 19.9 Å². The summed E-state index contributed by atoms with van der Waals surface area (Å²) in [5.41, 5.74) is 1.01. The standard InChI is InChI=1S/C15H20N2O4/c1-11(2)8-9-16(3)13-6-4-12(5-7-15(18)19)10-14(13)17(20)21/h4-7,10-11H,8-9H2,1-3H3,(H,18,19). The third-order valence-corrected chi connectivity index (χ3v) is 3.07. The number of benzene rings is 1. The lowest BCUT2D eigenvalue weighted by Crippen LogP contribution is -2.20. The molecule has 0 saturated carbocycles. The second kappa shape index (κ2) is 7.42. The summed E-state index contributed by atoms with van der Waals surface area (Å²) in [4.78, 5) is 23.1. The van der Waals surface area contributed by atoms with Crippen LogP contribution >= 0.6 is 0 Å². The van der Waals surface area contributed by atoms with E-state index in [1.165, 1.54) is 12.1 Å². The second-order valence-electron chi connectivity index (χ2n) is 5.28. The summed E-state index contributed by atoms with van der Waals surface area (Å²) in [5, 5.41) is 19.8. The molecule has 0 aliphatic carbocycles. The molecule has 0 saturated heterocycles. The Labute approximate surface area is 123 Å². The quantitative estimate of drug-likeness (QED) is 0.474. The maximum absolute atomic E-state index is 11.2. The largest absolute Gasteiger partial charge is 0.478 e. The number of hydrogen-bond donors (Lipinski definition) is 1. The first-order valence-electron chi connectivity index (χ1n) is 6.72.